The van der Waals surface area contributed by atoms with E-state index >= 15 is 0 Å². The topological polar surface area (TPSA) is 68.0 Å². The minimum absolute atomic E-state index is 0.0397. The largest absolute Gasteiger partial charge is 0.384 e. The molecule has 0 aliphatic rings. The molecule has 3 N–H and O–H groups in total. The molecule has 0 aromatic carbocycles. The number of anilines is 2. The molecule has 88 valence electrons. The summed E-state index contributed by atoms with van der Waals surface area (Å²) in [4.78, 5) is 16.8. The molecule has 0 spiro atoms. The van der Waals surface area contributed by atoms with Crippen LogP contribution in [0.5, 0.6) is 0 Å². The van der Waals surface area contributed by atoms with Crippen LogP contribution in [0.25, 0.3) is 0 Å². The Morgan fingerprint density at radius 1 is 1.47 bits per heavy atom. The molecule has 0 atom stereocenters. The van der Waals surface area contributed by atoms with E-state index in [4.69, 9.17) is 5.73 Å². The van der Waals surface area contributed by atoms with Crippen LogP contribution >= 0.6 is 11.3 Å². The first kappa shape index (κ1) is 11.6. The van der Waals surface area contributed by atoms with Crippen molar-refractivity contribution in [3.63, 3.8) is 0 Å². The van der Waals surface area contributed by atoms with E-state index in [0.29, 0.717) is 17.9 Å². The van der Waals surface area contributed by atoms with Crippen LogP contribution in [0.15, 0.2) is 29.8 Å². The smallest absolute Gasteiger partial charge is 0.229 e. The quantitative estimate of drug-likeness (QED) is 0.873. The summed E-state index contributed by atoms with van der Waals surface area (Å²) in [5.74, 6) is 0.402. The summed E-state index contributed by atoms with van der Waals surface area (Å²) in [6.07, 6.45) is 1.95. The van der Waals surface area contributed by atoms with Crippen molar-refractivity contribution in [2.75, 3.05) is 11.1 Å². The van der Waals surface area contributed by atoms with Gasteiger partial charge in [0.05, 0.1) is 18.3 Å². The SMILES string of the molecule is Cc1ccsc1CC(=O)Nc1ccc(N)nc1. The van der Waals surface area contributed by atoms with Crippen molar-refractivity contribution in [2.24, 2.45) is 0 Å². The van der Waals surface area contributed by atoms with Crippen molar-refractivity contribution in [1.82, 2.24) is 4.98 Å². The maximum Gasteiger partial charge on any atom is 0.229 e. The Kier molecular flexibility index (Phi) is 3.39. The van der Waals surface area contributed by atoms with Gasteiger partial charge in [0, 0.05) is 4.88 Å². The zero-order valence-corrected chi connectivity index (χ0v) is 10.3. The van der Waals surface area contributed by atoms with Gasteiger partial charge in [-0.25, -0.2) is 4.98 Å². The van der Waals surface area contributed by atoms with Crippen LogP contribution in [0, 0.1) is 6.92 Å². The molecule has 0 aliphatic heterocycles. The summed E-state index contributed by atoms with van der Waals surface area (Å²) < 4.78 is 0. The number of amides is 1. The summed E-state index contributed by atoms with van der Waals surface area (Å²) in [6.45, 7) is 2.00. The highest BCUT2D eigenvalue weighted by Gasteiger charge is 2.07. The Balaban J connectivity index is 1.98. The molecule has 0 saturated carbocycles. The van der Waals surface area contributed by atoms with Crippen LogP contribution < -0.4 is 11.1 Å². The molecule has 17 heavy (non-hydrogen) atoms. The molecule has 0 aliphatic carbocycles. The number of pyridine rings is 1. The van der Waals surface area contributed by atoms with Crippen molar-refractivity contribution < 1.29 is 4.79 Å². The fraction of sp³-hybridized carbons (Fsp3) is 0.167. The van der Waals surface area contributed by atoms with Gasteiger partial charge in [0.25, 0.3) is 0 Å². The van der Waals surface area contributed by atoms with Crippen LogP contribution in [0.3, 0.4) is 0 Å². The lowest BCUT2D eigenvalue weighted by atomic mass is 10.2. The van der Waals surface area contributed by atoms with E-state index in [2.05, 4.69) is 10.3 Å². The number of carbonyl (C=O) groups is 1. The number of aromatic nitrogens is 1. The maximum atomic E-state index is 11.8. The van der Waals surface area contributed by atoms with Crippen LogP contribution in [-0.2, 0) is 11.2 Å². The van der Waals surface area contributed by atoms with Gasteiger partial charge in [0.1, 0.15) is 5.82 Å². The zero-order valence-electron chi connectivity index (χ0n) is 9.43. The third kappa shape index (κ3) is 3.04. The summed E-state index contributed by atoms with van der Waals surface area (Å²) in [5, 5.41) is 4.77. The molecule has 0 bridgehead atoms. The lowest BCUT2D eigenvalue weighted by Gasteiger charge is -2.04. The average molecular weight is 247 g/mol. The first-order valence-corrected chi connectivity index (χ1v) is 6.07. The number of carbonyl (C=O) groups excluding carboxylic acids is 1. The van der Waals surface area contributed by atoms with Crippen molar-refractivity contribution in [1.29, 1.82) is 0 Å². The van der Waals surface area contributed by atoms with Crippen molar-refractivity contribution in [3.8, 4) is 0 Å². The van der Waals surface area contributed by atoms with Crippen LogP contribution in [0.2, 0.25) is 0 Å². The van der Waals surface area contributed by atoms with Gasteiger partial charge in [0.15, 0.2) is 0 Å². The number of thiophene rings is 1. The lowest BCUT2D eigenvalue weighted by molar-refractivity contribution is -0.115. The molecule has 0 radical (unpaired) electrons. The predicted octanol–water partition coefficient (Wildman–Crippen LogP) is 2.21. The monoisotopic (exact) mass is 247 g/mol. The van der Waals surface area contributed by atoms with Gasteiger partial charge in [-0.05, 0) is 36.1 Å². The number of nitrogens with zero attached hydrogens (tertiary/aromatic N) is 1. The Hall–Kier alpha value is -1.88. The molecule has 4 nitrogen and oxygen atoms in total. The second kappa shape index (κ2) is 4.97. The van der Waals surface area contributed by atoms with Crippen LogP contribution in [0.4, 0.5) is 11.5 Å². The number of nitrogen functional groups attached to an aromatic ring is 1. The minimum atomic E-state index is -0.0397. The van der Waals surface area contributed by atoms with Crippen LogP contribution in [0.1, 0.15) is 10.4 Å². The van der Waals surface area contributed by atoms with Gasteiger partial charge in [-0.2, -0.15) is 0 Å². The first-order valence-electron chi connectivity index (χ1n) is 5.19. The summed E-state index contributed by atoms with van der Waals surface area (Å²) in [5.41, 5.74) is 7.28. The van der Waals surface area contributed by atoms with Crippen molar-refractivity contribution in [3.05, 3.63) is 40.2 Å². The second-order valence-corrected chi connectivity index (χ2v) is 4.72. The molecular weight excluding hydrogens is 234 g/mol. The first-order chi connectivity index (χ1) is 8.15. The molecule has 0 fully saturated rings. The number of hydrogen-bond acceptors (Lipinski definition) is 4. The van der Waals surface area contributed by atoms with Gasteiger partial charge in [-0.1, -0.05) is 0 Å². The number of aryl methyl sites for hydroxylation is 1. The fourth-order valence-electron chi connectivity index (χ4n) is 1.42. The van der Waals surface area contributed by atoms with Gasteiger partial charge >= 0.3 is 0 Å². The molecule has 2 aromatic rings. The second-order valence-electron chi connectivity index (χ2n) is 3.72. The summed E-state index contributed by atoms with van der Waals surface area (Å²) in [7, 11) is 0. The third-order valence-electron chi connectivity index (χ3n) is 2.36. The molecule has 2 aromatic heterocycles. The molecule has 5 heteroatoms. The molecular formula is C12H13N3OS. The fourth-order valence-corrected chi connectivity index (χ4v) is 2.32. The Labute approximate surface area is 103 Å². The highest BCUT2D eigenvalue weighted by molar-refractivity contribution is 7.10. The number of rotatable bonds is 3. The maximum absolute atomic E-state index is 11.8. The summed E-state index contributed by atoms with van der Waals surface area (Å²) >= 11 is 1.59. The Morgan fingerprint density at radius 2 is 2.29 bits per heavy atom. The number of hydrogen-bond donors (Lipinski definition) is 2. The van der Waals surface area contributed by atoms with E-state index in [1.807, 2.05) is 18.4 Å². The average Bonchev–Trinajstić information content (AvgIpc) is 2.68. The zero-order chi connectivity index (χ0) is 12.3. The molecule has 2 heterocycles. The normalized spacial score (nSPS) is 10.2. The third-order valence-corrected chi connectivity index (χ3v) is 3.38. The van der Waals surface area contributed by atoms with E-state index in [-0.39, 0.29) is 5.91 Å². The lowest BCUT2D eigenvalue weighted by Crippen LogP contribution is -2.14. The van der Waals surface area contributed by atoms with Crippen molar-refractivity contribution >= 4 is 28.7 Å². The van der Waals surface area contributed by atoms with E-state index in [1.54, 1.807) is 29.7 Å². The number of nitrogens with one attached hydrogen (secondary N) is 1. The van der Waals surface area contributed by atoms with Gasteiger partial charge in [-0.3, -0.25) is 4.79 Å². The van der Waals surface area contributed by atoms with Gasteiger partial charge in [-0.15, -0.1) is 11.3 Å². The van der Waals surface area contributed by atoms with E-state index in [1.165, 1.54) is 0 Å². The highest BCUT2D eigenvalue weighted by atomic mass is 32.1. The molecule has 2 rings (SSSR count). The van der Waals surface area contributed by atoms with Gasteiger partial charge < -0.3 is 11.1 Å². The Bertz CT molecular complexity index is 519. The Morgan fingerprint density at radius 3 is 2.88 bits per heavy atom. The molecule has 0 unspecified atom stereocenters. The standard InChI is InChI=1S/C12H13N3OS/c1-8-4-5-17-10(8)6-12(16)15-9-2-3-11(13)14-7-9/h2-5,7H,6H2,1H3,(H2,13,14)(H,15,16). The van der Waals surface area contributed by atoms with E-state index in [0.717, 1.165) is 10.4 Å². The highest BCUT2D eigenvalue weighted by Crippen LogP contribution is 2.17. The molecule has 0 saturated heterocycles. The molecule has 1 amide bonds. The summed E-state index contributed by atoms with van der Waals surface area (Å²) in [6, 6.07) is 5.41. The predicted molar refractivity (Wildman–Crippen MR) is 70.0 cm³/mol. The van der Waals surface area contributed by atoms with E-state index < -0.39 is 0 Å². The van der Waals surface area contributed by atoms with Gasteiger partial charge in [0.2, 0.25) is 5.91 Å². The minimum Gasteiger partial charge on any atom is -0.384 e. The van der Waals surface area contributed by atoms with E-state index in [9.17, 15) is 4.79 Å². The van der Waals surface area contributed by atoms with Crippen molar-refractivity contribution in [2.45, 2.75) is 13.3 Å². The van der Waals surface area contributed by atoms with Crippen LogP contribution in [-0.4, -0.2) is 10.9 Å². The number of nitrogens with two attached hydrogens (primary N) is 1.